The first-order chi connectivity index (χ1) is 9.19. The first-order valence-electron chi connectivity index (χ1n) is 5.53. The average Bonchev–Trinajstić information content (AvgIpc) is 2.83. The minimum absolute atomic E-state index is 0.138. The van der Waals surface area contributed by atoms with E-state index in [2.05, 4.69) is 10.3 Å². The molecule has 2 rings (SSSR count). The summed E-state index contributed by atoms with van der Waals surface area (Å²) in [5.41, 5.74) is 1.97. The molecule has 0 fully saturated rings. The molecule has 0 aliphatic heterocycles. The van der Waals surface area contributed by atoms with Gasteiger partial charge in [0.05, 0.1) is 17.0 Å². The highest BCUT2D eigenvalue weighted by molar-refractivity contribution is 8.01. The molecule has 0 atom stereocenters. The number of carbonyl (C=O) groups is 1. The number of anilines is 1. The summed E-state index contributed by atoms with van der Waals surface area (Å²) in [6.45, 7) is 1.92. The average molecular weight is 289 g/mol. The number of aryl methyl sites for hydroxylation is 1. The van der Waals surface area contributed by atoms with E-state index in [4.69, 9.17) is 5.26 Å². The molecule has 19 heavy (non-hydrogen) atoms. The Balaban J connectivity index is 1.93. The maximum Gasteiger partial charge on any atom is 0.234 e. The molecule has 0 bridgehead atoms. The second-order valence-electron chi connectivity index (χ2n) is 3.75. The predicted molar refractivity (Wildman–Crippen MR) is 77.4 cm³/mol. The first-order valence-corrected chi connectivity index (χ1v) is 7.39. The number of hydrogen-bond donors (Lipinski definition) is 1. The lowest BCUT2D eigenvalue weighted by atomic mass is 10.2. The van der Waals surface area contributed by atoms with Crippen molar-refractivity contribution in [2.45, 2.75) is 11.3 Å². The van der Waals surface area contributed by atoms with Gasteiger partial charge in [-0.25, -0.2) is 4.98 Å². The largest absolute Gasteiger partial charge is 0.324 e. The maximum atomic E-state index is 11.8. The van der Waals surface area contributed by atoms with Crippen molar-refractivity contribution in [3.63, 3.8) is 0 Å². The highest BCUT2D eigenvalue weighted by atomic mass is 32.2. The molecule has 1 heterocycles. The van der Waals surface area contributed by atoms with Crippen LogP contribution in [0, 0.1) is 18.3 Å². The summed E-state index contributed by atoms with van der Waals surface area (Å²) < 4.78 is 0.876. The lowest BCUT2D eigenvalue weighted by Crippen LogP contribution is -2.14. The van der Waals surface area contributed by atoms with E-state index in [1.165, 1.54) is 23.1 Å². The molecule has 1 N–H and O–H groups in total. The molecule has 1 aromatic carbocycles. The molecular weight excluding hydrogens is 278 g/mol. The van der Waals surface area contributed by atoms with Gasteiger partial charge in [-0.1, -0.05) is 23.9 Å². The van der Waals surface area contributed by atoms with Crippen molar-refractivity contribution >= 4 is 34.7 Å². The quantitative estimate of drug-likeness (QED) is 0.879. The number of rotatable bonds is 4. The minimum atomic E-state index is -0.138. The standard InChI is InChI=1S/C13H11N3OS2/c1-9-7-18-13(15-9)19-8-12(17)16-11-5-3-2-4-10(11)6-14/h2-5,7H,8H2,1H3,(H,16,17). The fourth-order valence-corrected chi connectivity index (χ4v) is 3.05. The van der Waals surface area contributed by atoms with E-state index in [0.29, 0.717) is 11.3 Å². The number of nitrogens with zero attached hydrogens (tertiary/aromatic N) is 2. The fourth-order valence-electron chi connectivity index (χ4n) is 1.40. The molecule has 0 spiro atoms. The first kappa shape index (κ1) is 13.6. The van der Waals surface area contributed by atoms with Gasteiger partial charge in [0.25, 0.3) is 0 Å². The molecule has 0 radical (unpaired) electrons. The van der Waals surface area contributed by atoms with E-state index in [1.807, 2.05) is 18.4 Å². The van der Waals surface area contributed by atoms with Crippen LogP contribution in [-0.2, 0) is 4.79 Å². The third-order valence-electron chi connectivity index (χ3n) is 2.25. The normalized spacial score (nSPS) is 9.89. The molecule has 0 saturated carbocycles. The van der Waals surface area contributed by atoms with Crippen LogP contribution in [0.1, 0.15) is 11.3 Å². The van der Waals surface area contributed by atoms with E-state index in [0.717, 1.165) is 10.0 Å². The van der Waals surface area contributed by atoms with Gasteiger partial charge >= 0.3 is 0 Å². The molecule has 1 amide bonds. The topological polar surface area (TPSA) is 65.8 Å². The summed E-state index contributed by atoms with van der Waals surface area (Å²) >= 11 is 2.92. The summed E-state index contributed by atoms with van der Waals surface area (Å²) in [4.78, 5) is 16.1. The second kappa shape index (κ2) is 6.36. The monoisotopic (exact) mass is 289 g/mol. The number of benzene rings is 1. The van der Waals surface area contributed by atoms with Crippen LogP contribution in [0.15, 0.2) is 34.0 Å². The summed E-state index contributed by atoms with van der Waals surface area (Å²) in [5.74, 6) is 0.146. The molecule has 1 aromatic heterocycles. The van der Waals surface area contributed by atoms with E-state index in [1.54, 1.807) is 24.3 Å². The smallest absolute Gasteiger partial charge is 0.234 e. The Bertz CT molecular complexity index is 631. The van der Waals surface area contributed by atoms with Crippen LogP contribution in [0.25, 0.3) is 0 Å². The number of para-hydroxylation sites is 1. The lowest BCUT2D eigenvalue weighted by molar-refractivity contribution is -0.113. The zero-order valence-electron chi connectivity index (χ0n) is 10.2. The van der Waals surface area contributed by atoms with Crippen molar-refractivity contribution in [1.29, 1.82) is 5.26 Å². The zero-order chi connectivity index (χ0) is 13.7. The molecule has 0 aliphatic carbocycles. The van der Waals surface area contributed by atoms with Gasteiger partial charge in [0, 0.05) is 11.1 Å². The van der Waals surface area contributed by atoms with Crippen molar-refractivity contribution in [1.82, 2.24) is 4.98 Å². The Morgan fingerprint density at radius 1 is 1.53 bits per heavy atom. The third kappa shape index (κ3) is 3.81. The molecule has 0 unspecified atom stereocenters. The molecule has 2 aromatic rings. The molecule has 0 saturated heterocycles. The van der Waals surface area contributed by atoms with Crippen LogP contribution in [0.2, 0.25) is 0 Å². The lowest BCUT2D eigenvalue weighted by Gasteiger charge is -2.05. The molecule has 6 heteroatoms. The van der Waals surface area contributed by atoms with Gasteiger partial charge in [0.2, 0.25) is 5.91 Å². The molecule has 4 nitrogen and oxygen atoms in total. The van der Waals surface area contributed by atoms with Crippen LogP contribution >= 0.6 is 23.1 Å². The van der Waals surface area contributed by atoms with Gasteiger partial charge in [-0.15, -0.1) is 11.3 Å². The number of thioether (sulfide) groups is 1. The Hall–Kier alpha value is -1.84. The summed E-state index contributed by atoms with van der Waals surface area (Å²) in [6, 6.07) is 8.99. The fraction of sp³-hybridized carbons (Fsp3) is 0.154. The van der Waals surface area contributed by atoms with Crippen molar-refractivity contribution in [2.24, 2.45) is 0 Å². The minimum Gasteiger partial charge on any atom is -0.324 e. The molecular formula is C13H11N3OS2. The number of carbonyl (C=O) groups excluding carboxylic acids is 1. The van der Waals surface area contributed by atoms with Gasteiger partial charge < -0.3 is 5.32 Å². The molecule has 0 aliphatic rings. The number of nitriles is 1. The van der Waals surface area contributed by atoms with E-state index < -0.39 is 0 Å². The van der Waals surface area contributed by atoms with Crippen LogP contribution in [0.4, 0.5) is 5.69 Å². The summed E-state index contributed by atoms with van der Waals surface area (Å²) in [5, 5.41) is 13.6. The Morgan fingerprint density at radius 2 is 2.32 bits per heavy atom. The Kier molecular flexibility index (Phi) is 4.55. The maximum absolute atomic E-state index is 11.8. The number of aromatic nitrogens is 1. The van der Waals surface area contributed by atoms with Crippen molar-refractivity contribution < 1.29 is 4.79 Å². The highest BCUT2D eigenvalue weighted by Gasteiger charge is 2.08. The highest BCUT2D eigenvalue weighted by Crippen LogP contribution is 2.22. The van der Waals surface area contributed by atoms with E-state index >= 15 is 0 Å². The van der Waals surface area contributed by atoms with Gasteiger partial charge in [-0.2, -0.15) is 5.26 Å². The summed E-state index contributed by atoms with van der Waals surface area (Å²) in [6.07, 6.45) is 0. The van der Waals surface area contributed by atoms with Gasteiger partial charge in [0.15, 0.2) is 4.34 Å². The molecule has 96 valence electrons. The van der Waals surface area contributed by atoms with Crippen LogP contribution < -0.4 is 5.32 Å². The van der Waals surface area contributed by atoms with Crippen molar-refractivity contribution in [3.05, 3.63) is 40.9 Å². The van der Waals surface area contributed by atoms with E-state index in [-0.39, 0.29) is 11.7 Å². The van der Waals surface area contributed by atoms with Crippen LogP contribution in [-0.4, -0.2) is 16.6 Å². The second-order valence-corrected chi connectivity index (χ2v) is 5.83. The zero-order valence-corrected chi connectivity index (χ0v) is 11.8. The van der Waals surface area contributed by atoms with Crippen molar-refractivity contribution in [3.8, 4) is 6.07 Å². The van der Waals surface area contributed by atoms with Gasteiger partial charge in [-0.05, 0) is 19.1 Å². The van der Waals surface area contributed by atoms with Crippen LogP contribution in [0.5, 0.6) is 0 Å². The van der Waals surface area contributed by atoms with Gasteiger partial charge in [0.1, 0.15) is 6.07 Å². The van der Waals surface area contributed by atoms with Crippen molar-refractivity contribution in [2.75, 3.05) is 11.1 Å². The third-order valence-corrected chi connectivity index (χ3v) is 4.39. The van der Waals surface area contributed by atoms with Crippen LogP contribution in [0.3, 0.4) is 0 Å². The van der Waals surface area contributed by atoms with E-state index in [9.17, 15) is 4.79 Å². The SMILES string of the molecule is Cc1csc(SCC(=O)Nc2ccccc2C#N)n1. The number of thiazole rings is 1. The predicted octanol–water partition coefficient (Wildman–Crippen LogP) is 3.05. The summed E-state index contributed by atoms with van der Waals surface area (Å²) in [7, 11) is 0. The number of nitrogens with one attached hydrogen (secondary N) is 1. The van der Waals surface area contributed by atoms with Gasteiger partial charge in [-0.3, -0.25) is 4.79 Å². The number of amides is 1. The Labute approximate surface area is 119 Å². The number of hydrogen-bond acceptors (Lipinski definition) is 5. The Morgan fingerprint density at radius 3 is 3.00 bits per heavy atom.